The minimum absolute atomic E-state index is 0.319. The van der Waals surface area contributed by atoms with Gasteiger partial charge in [0.1, 0.15) is 11.3 Å². The van der Waals surface area contributed by atoms with Gasteiger partial charge in [0, 0.05) is 5.39 Å². The molecule has 0 bridgehead atoms. The van der Waals surface area contributed by atoms with Gasteiger partial charge < -0.3 is 9.73 Å². The molecule has 0 saturated heterocycles. The van der Waals surface area contributed by atoms with Gasteiger partial charge in [-0.15, -0.1) is 0 Å². The Kier molecular flexibility index (Phi) is 5.86. The van der Waals surface area contributed by atoms with Crippen molar-refractivity contribution in [3.63, 3.8) is 0 Å². The third kappa shape index (κ3) is 4.10. The van der Waals surface area contributed by atoms with Crippen LogP contribution in [0.15, 0.2) is 28.7 Å². The molecular weight excluding hydrogens is 258 g/mol. The maximum absolute atomic E-state index is 6.06. The maximum Gasteiger partial charge on any atom is 0.134 e. The number of hydrogen-bond acceptors (Lipinski definition) is 2. The lowest BCUT2D eigenvalue weighted by atomic mass is 9.91. The van der Waals surface area contributed by atoms with Crippen molar-refractivity contribution in [2.75, 3.05) is 7.05 Å². The summed E-state index contributed by atoms with van der Waals surface area (Å²) in [5.41, 5.74) is 2.28. The average Bonchev–Trinajstić information content (AvgIpc) is 2.90. The summed E-state index contributed by atoms with van der Waals surface area (Å²) in [5.74, 6) is 1.85. The second kappa shape index (κ2) is 7.65. The van der Waals surface area contributed by atoms with Gasteiger partial charge >= 0.3 is 0 Å². The van der Waals surface area contributed by atoms with Gasteiger partial charge in [-0.2, -0.15) is 0 Å². The lowest BCUT2D eigenvalue weighted by Gasteiger charge is -2.20. The van der Waals surface area contributed by atoms with E-state index in [0.29, 0.717) is 6.04 Å². The van der Waals surface area contributed by atoms with Crippen LogP contribution in [0.3, 0.4) is 0 Å². The van der Waals surface area contributed by atoms with Crippen molar-refractivity contribution >= 4 is 11.0 Å². The highest BCUT2D eigenvalue weighted by atomic mass is 16.3. The van der Waals surface area contributed by atoms with Crippen LogP contribution in [0.25, 0.3) is 11.0 Å². The minimum Gasteiger partial charge on any atom is -0.459 e. The Morgan fingerprint density at radius 2 is 2.00 bits per heavy atom. The molecule has 2 aromatic rings. The molecule has 2 nitrogen and oxygen atoms in total. The number of rotatable bonds is 8. The maximum atomic E-state index is 6.06. The van der Waals surface area contributed by atoms with Crippen molar-refractivity contribution < 1.29 is 4.42 Å². The molecule has 2 unspecified atom stereocenters. The Morgan fingerprint density at radius 1 is 1.19 bits per heavy atom. The van der Waals surface area contributed by atoms with Crippen molar-refractivity contribution in [2.45, 2.75) is 58.9 Å². The molecule has 2 atom stereocenters. The highest BCUT2D eigenvalue weighted by Crippen LogP contribution is 2.30. The van der Waals surface area contributed by atoms with E-state index in [4.69, 9.17) is 4.42 Å². The summed E-state index contributed by atoms with van der Waals surface area (Å²) in [6.45, 7) is 6.69. The topological polar surface area (TPSA) is 25.2 Å². The zero-order chi connectivity index (χ0) is 15.2. The van der Waals surface area contributed by atoms with Crippen LogP contribution in [0.2, 0.25) is 0 Å². The van der Waals surface area contributed by atoms with Gasteiger partial charge in [-0.25, -0.2) is 0 Å². The highest BCUT2D eigenvalue weighted by molar-refractivity contribution is 5.78. The van der Waals surface area contributed by atoms with Crippen molar-refractivity contribution in [2.24, 2.45) is 5.92 Å². The fourth-order valence-corrected chi connectivity index (χ4v) is 3.05. The van der Waals surface area contributed by atoms with Gasteiger partial charge in [0.25, 0.3) is 0 Å². The number of fused-ring (bicyclic) bond motifs is 1. The Bertz CT molecular complexity index is 558. The third-order valence-corrected chi connectivity index (χ3v) is 4.50. The molecule has 0 aliphatic heterocycles. The summed E-state index contributed by atoms with van der Waals surface area (Å²) < 4.78 is 6.06. The Labute approximate surface area is 128 Å². The molecule has 0 amide bonds. The lowest BCUT2D eigenvalue weighted by Crippen LogP contribution is -2.19. The quantitative estimate of drug-likeness (QED) is 0.682. The number of benzene rings is 1. The number of unbranched alkanes of at least 4 members (excludes halogenated alkanes) is 1. The molecule has 1 aromatic carbocycles. The van der Waals surface area contributed by atoms with Crippen molar-refractivity contribution in [3.8, 4) is 0 Å². The van der Waals surface area contributed by atoms with Crippen LogP contribution in [0.4, 0.5) is 0 Å². The summed E-state index contributed by atoms with van der Waals surface area (Å²) in [7, 11) is 2.04. The van der Waals surface area contributed by atoms with Crippen molar-refractivity contribution in [1.29, 1.82) is 0 Å². The van der Waals surface area contributed by atoms with Crippen molar-refractivity contribution in [1.82, 2.24) is 5.32 Å². The second-order valence-electron chi connectivity index (χ2n) is 6.18. The van der Waals surface area contributed by atoms with Gasteiger partial charge in [0.05, 0.1) is 6.04 Å². The number of hydrogen-bond donors (Lipinski definition) is 1. The second-order valence-corrected chi connectivity index (χ2v) is 6.18. The van der Waals surface area contributed by atoms with E-state index in [1.807, 2.05) is 7.05 Å². The zero-order valence-corrected chi connectivity index (χ0v) is 13.9. The first-order valence-corrected chi connectivity index (χ1v) is 8.35. The predicted octanol–water partition coefficient (Wildman–Crippen LogP) is 5.61. The lowest BCUT2D eigenvalue weighted by molar-refractivity contribution is 0.334. The van der Waals surface area contributed by atoms with Gasteiger partial charge in [-0.1, -0.05) is 51.2 Å². The van der Waals surface area contributed by atoms with Gasteiger partial charge in [0.2, 0.25) is 0 Å². The average molecular weight is 287 g/mol. The fraction of sp³-hybridized carbons (Fsp3) is 0.579. The highest BCUT2D eigenvalue weighted by Gasteiger charge is 2.19. The van der Waals surface area contributed by atoms with E-state index in [2.05, 4.69) is 50.4 Å². The Balaban J connectivity index is 2.14. The van der Waals surface area contributed by atoms with E-state index >= 15 is 0 Å². The molecule has 2 rings (SSSR count). The van der Waals surface area contributed by atoms with Crippen LogP contribution < -0.4 is 5.32 Å². The molecule has 0 aliphatic carbocycles. The molecule has 0 fully saturated rings. The van der Waals surface area contributed by atoms with E-state index in [-0.39, 0.29) is 0 Å². The fourth-order valence-electron chi connectivity index (χ4n) is 3.05. The molecule has 116 valence electrons. The Hall–Kier alpha value is -1.28. The summed E-state index contributed by atoms with van der Waals surface area (Å²) in [6, 6.07) is 8.91. The smallest absolute Gasteiger partial charge is 0.134 e. The molecular formula is C19H29NO. The Morgan fingerprint density at radius 3 is 2.67 bits per heavy atom. The van der Waals surface area contributed by atoms with Gasteiger partial charge in [0.15, 0.2) is 0 Å². The molecule has 0 saturated carbocycles. The first-order chi connectivity index (χ1) is 10.2. The van der Waals surface area contributed by atoms with Crippen molar-refractivity contribution in [3.05, 3.63) is 35.6 Å². The molecule has 0 spiro atoms. The van der Waals surface area contributed by atoms with Gasteiger partial charge in [-0.3, -0.25) is 0 Å². The summed E-state index contributed by atoms with van der Waals surface area (Å²) in [6.07, 6.45) is 6.34. The molecule has 1 aromatic heterocycles. The molecule has 1 heterocycles. The van der Waals surface area contributed by atoms with Crippen LogP contribution in [-0.2, 0) is 0 Å². The standard InChI is InChI=1S/C19H29NO/c1-5-7-8-15(6-2)12-17(20-4)19-13-16-11-14(3)9-10-18(16)21-19/h9-11,13,15,17,20H,5-8,12H2,1-4H3. The monoisotopic (exact) mass is 287 g/mol. The first kappa shape index (κ1) is 16.1. The van der Waals surface area contributed by atoms with E-state index in [0.717, 1.165) is 23.7 Å². The summed E-state index contributed by atoms with van der Waals surface area (Å²) in [4.78, 5) is 0. The molecule has 0 radical (unpaired) electrons. The largest absolute Gasteiger partial charge is 0.459 e. The van der Waals surface area contributed by atoms with Gasteiger partial charge in [-0.05, 0) is 44.5 Å². The van der Waals surface area contributed by atoms with E-state index in [1.165, 1.54) is 36.6 Å². The van der Waals surface area contributed by atoms with E-state index in [9.17, 15) is 0 Å². The normalized spacial score (nSPS) is 14.5. The molecule has 1 N–H and O–H groups in total. The zero-order valence-electron chi connectivity index (χ0n) is 13.9. The van der Waals surface area contributed by atoms with Crippen LogP contribution in [-0.4, -0.2) is 7.05 Å². The number of nitrogens with one attached hydrogen (secondary N) is 1. The number of furan rings is 1. The van der Waals surface area contributed by atoms with Crippen LogP contribution in [0.5, 0.6) is 0 Å². The molecule has 2 heteroatoms. The third-order valence-electron chi connectivity index (χ3n) is 4.50. The van der Waals surface area contributed by atoms with Crippen LogP contribution in [0.1, 0.15) is 63.3 Å². The summed E-state index contributed by atoms with van der Waals surface area (Å²) >= 11 is 0. The van der Waals surface area contributed by atoms with Crippen LogP contribution >= 0.6 is 0 Å². The van der Waals surface area contributed by atoms with E-state index in [1.54, 1.807) is 0 Å². The minimum atomic E-state index is 0.319. The van der Waals surface area contributed by atoms with Crippen LogP contribution in [0, 0.1) is 12.8 Å². The first-order valence-electron chi connectivity index (χ1n) is 8.35. The molecule has 0 aliphatic rings. The number of aryl methyl sites for hydroxylation is 1. The predicted molar refractivity (Wildman–Crippen MR) is 90.7 cm³/mol. The summed E-state index contributed by atoms with van der Waals surface area (Å²) in [5, 5.41) is 4.66. The van der Waals surface area contributed by atoms with E-state index < -0.39 is 0 Å². The SMILES string of the molecule is CCCCC(CC)CC(NC)c1cc2cc(C)ccc2o1. The molecule has 21 heavy (non-hydrogen) atoms.